The van der Waals surface area contributed by atoms with Gasteiger partial charge in [-0.1, -0.05) is 30.3 Å². The molecule has 2 fully saturated rings. The van der Waals surface area contributed by atoms with Crippen LogP contribution in [0.25, 0.3) is 11.3 Å². The first kappa shape index (κ1) is 14.0. The number of rotatable bonds is 2. The van der Waals surface area contributed by atoms with E-state index in [1.165, 1.54) is 0 Å². The van der Waals surface area contributed by atoms with Gasteiger partial charge in [-0.25, -0.2) is 0 Å². The van der Waals surface area contributed by atoms with E-state index in [1.807, 2.05) is 42.5 Å². The maximum Gasteiger partial charge on any atom is 0.179 e. The summed E-state index contributed by atoms with van der Waals surface area (Å²) < 4.78 is 5.80. The monoisotopic (exact) mass is 307 g/mol. The molecular weight excluding hydrogens is 290 g/mol. The fourth-order valence-corrected chi connectivity index (χ4v) is 3.30. The van der Waals surface area contributed by atoms with Crippen LogP contribution in [0.1, 0.15) is 0 Å². The Morgan fingerprint density at radius 1 is 1.09 bits per heavy atom. The second-order valence-electron chi connectivity index (χ2n) is 5.82. The minimum Gasteiger partial charge on any atom is -0.372 e. The van der Waals surface area contributed by atoms with Gasteiger partial charge in [0.1, 0.15) is 0 Å². The molecule has 1 aromatic carbocycles. The molecule has 23 heavy (non-hydrogen) atoms. The highest BCUT2D eigenvalue weighted by Gasteiger charge is 2.40. The summed E-state index contributed by atoms with van der Waals surface area (Å²) in [6, 6.07) is 14.2. The van der Waals surface area contributed by atoms with Crippen LogP contribution in [0.2, 0.25) is 0 Å². The summed E-state index contributed by atoms with van der Waals surface area (Å²) in [5.74, 6) is 0.850. The van der Waals surface area contributed by atoms with Crippen LogP contribution < -0.4 is 4.90 Å². The summed E-state index contributed by atoms with van der Waals surface area (Å²) in [7, 11) is 0. The van der Waals surface area contributed by atoms with Crippen LogP contribution in [0.5, 0.6) is 0 Å². The van der Waals surface area contributed by atoms with Gasteiger partial charge in [-0.15, -0.1) is 10.2 Å². The van der Waals surface area contributed by atoms with Crippen LogP contribution in [-0.2, 0) is 4.74 Å². The topological polar surface area (TPSA) is 65.3 Å². The van der Waals surface area contributed by atoms with E-state index >= 15 is 0 Å². The Hall–Kier alpha value is -2.65. The Labute approximate surface area is 134 Å². The van der Waals surface area contributed by atoms with Gasteiger partial charge in [0.2, 0.25) is 0 Å². The fraction of sp³-hybridized carbons (Fsp3) is 0.353. The van der Waals surface area contributed by atoms with Gasteiger partial charge in [0, 0.05) is 12.1 Å². The quantitative estimate of drug-likeness (QED) is 0.784. The molecule has 4 rings (SSSR count). The number of anilines is 1. The molecule has 0 amide bonds. The highest BCUT2D eigenvalue weighted by Crippen LogP contribution is 2.27. The molecule has 2 aromatic rings. The molecule has 6 nitrogen and oxygen atoms in total. The third-order valence-electron chi connectivity index (χ3n) is 4.46. The summed E-state index contributed by atoms with van der Waals surface area (Å²) in [5.41, 5.74) is 1.92. The number of aromatic nitrogens is 2. The molecule has 0 N–H and O–H groups in total. The van der Waals surface area contributed by atoms with E-state index in [0.717, 1.165) is 23.6 Å². The third-order valence-corrected chi connectivity index (χ3v) is 4.46. The van der Waals surface area contributed by atoms with Crippen molar-refractivity contribution in [3.63, 3.8) is 0 Å². The van der Waals surface area contributed by atoms with Crippen molar-refractivity contribution in [2.45, 2.75) is 12.1 Å². The average Bonchev–Trinajstić information content (AvgIpc) is 3.06. The van der Waals surface area contributed by atoms with Gasteiger partial charge in [-0.2, -0.15) is 5.26 Å². The Bertz CT molecular complexity index is 712. The molecule has 0 radical (unpaired) electrons. The van der Waals surface area contributed by atoms with Gasteiger partial charge in [0.25, 0.3) is 0 Å². The zero-order valence-corrected chi connectivity index (χ0v) is 12.7. The van der Waals surface area contributed by atoms with Gasteiger partial charge < -0.3 is 14.5 Å². The number of morpholine rings is 1. The first-order chi connectivity index (χ1) is 11.3. The maximum atomic E-state index is 9.11. The molecule has 2 unspecified atom stereocenters. The van der Waals surface area contributed by atoms with E-state index in [1.54, 1.807) is 4.90 Å². The lowest BCUT2D eigenvalue weighted by Gasteiger charge is -2.37. The van der Waals surface area contributed by atoms with Crippen molar-refractivity contribution in [1.82, 2.24) is 15.1 Å². The highest BCUT2D eigenvalue weighted by molar-refractivity contribution is 5.59. The number of likely N-dealkylation sites (tertiary alicyclic amines) is 1. The molecule has 0 aliphatic carbocycles. The zero-order valence-electron chi connectivity index (χ0n) is 12.7. The summed E-state index contributed by atoms with van der Waals surface area (Å²) >= 11 is 0. The first-order valence-electron chi connectivity index (χ1n) is 7.77. The Balaban J connectivity index is 1.57. The number of hydrogen-bond acceptors (Lipinski definition) is 6. The van der Waals surface area contributed by atoms with Crippen LogP contribution in [0.3, 0.4) is 0 Å². The third kappa shape index (κ3) is 2.60. The number of nitriles is 1. The van der Waals surface area contributed by atoms with Crippen molar-refractivity contribution in [3.05, 3.63) is 42.5 Å². The Morgan fingerprint density at radius 3 is 2.70 bits per heavy atom. The maximum absolute atomic E-state index is 9.11. The second kappa shape index (κ2) is 5.86. The van der Waals surface area contributed by atoms with E-state index in [4.69, 9.17) is 10.00 Å². The molecule has 0 bridgehead atoms. The van der Waals surface area contributed by atoms with E-state index < -0.39 is 0 Å². The molecule has 6 heteroatoms. The average molecular weight is 307 g/mol. The molecule has 3 heterocycles. The Kier molecular flexibility index (Phi) is 3.56. The molecule has 2 atom stereocenters. The normalized spacial score (nSPS) is 23.4. The minimum absolute atomic E-state index is 0.0685. The van der Waals surface area contributed by atoms with Crippen LogP contribution in [0.4, 0.5) is 5.82 Å². The highest BCUT2D eigenvalue weighted by atomic mass is 16.5. The van der Waals surface area contributed by atoms with Crippen LogP contribution in [0.15, 0.2) is 42.5 Å². The van der Waals surface area contributed by atoms with Gasteiger partial charge in [-0.3, -0.25) is 0 Å². The lowest BCUT2D eigenvalue weighted by molar-refractivity contribution is 0.0322. The lowest BCUT2D eigenvalue weighted by Crippen LogP contribution is -2.51. The van der Waals surface area contributed by atoms with Crippen LogP contribution in [-0.4, -0.2) is 53.5 Å². The standard InChI is InChI=1S/C17H17N5O/c18-12-21-10-15-16(11-21)23-9-8-22(15)17-7-6-14(19-20-17)13-4-2-1-3-5-13/h1-7,15-16H,8-11H2. The second-order valence-corrected chi connectivity index (χ2v) is 5.82. The van der Waals surface area contributed by atoms with E-state index in [9.17, 15) is 0 Å². The number of nitrogens with zero attached hydrogens (tertiary/aromatic N) is 5. The molecular formula is C17H17N5O. The van der Waals surface area contributed by atoms with Gasteiger partial charge in [0.15, 0.2) is 12.0 Å². The molecule has 2 aliphatic heterocycles. The predicted octanol–water partition coefficient (Wildman–Crippen LogP) is 1.51. The summed E-state index contributed by atoms with van der Waals surface area (Å²) in [5, 5.41) is 17.9. The summed E-state index contributed by atoms with van der Waals surface area (Å²) in [6.07, 6.45) is 2.28. The largest absolute Gasteiger partial charge is 0.372 e. The molecule has 2 saturated heterocycles. The van der Waals surface area contributed by atoms with Crippen molar-refractivity contribution in [1.29, 1.82) is 5.26 Å². The van der Waals surface area contributed by atoms with Crippen molar-refractivity contribution in [2.24, 2.45) is 0 Å². The molecule has 0 spiro atoms. The molecule has 1 aromatic heterocycles. The van der Waals surface area contributed by atoms with Gasteiger partial charge >= 0.3 is 0 Å². The number of ether oxygens (including phenoxy) is 1. The summed E-state index contributed by atoms with van der Waals surface area (Å²) in [6.45, 7) is 2.78. The summed E-state index contributed by atoms with van der Waals surface area (Å²) in [4.78, 5) is 3.96. The predicted molar refractivity (Wildman–Crippen MR) is 85.5 cm³/mol. The fourth-order valence-electron chi connectivity index (χ4n) is 3.30. The van der Waals surface area contributed by atoms with Crippen LogP contribution >= 0.6 is 0 Å². The van der Waals surface area contributed by atoms with Gasteiger partial charge in [0.05, 0.1) is 37.5 Å². The molecule has 116 valence electrons. The van der Waals surface area contributed by atoms with Crippen molar-refractivity contribution in [2.75, 3.05) is 31.1 Å². The van der Waals surface area contributed by atoms with Crippen molar-refractivity contribution < 1.29 is 4.74 Å². The zero-order chi connectivity index (χ0) is 15.6. The molecule has 0 saturated carbocycles. The van der Waals surface area contributed by atoms with Crippen LogP contribution in [0, 0.1) is 11.5 Å². The lowest BCUT2D eigenvalue weighted by atomic mass is 10.1. The number of fused-ring (bicyclic) bond motifs is 1. The first-order valence-corrected chi connectivity index (χ1v) is 7.77. The molecule has 2 aliphatic rings. The van der Waals surface area contributed by atoms with Crippen molar-refractivity contribution >= 4 is 5.82 Å². The van der Waals surface area contributed by atoms with Crippen molar-refractivity contribution in [3.8, 4) is 17.5 Å². The van der Waals surface area contributed by atoms with E-state index in [0.29, 0.717) is 19.7 Å². The smallest absolute Gasteiger partial charge is 0.179 e. The SMILES string of the molecule is N#CN1CC2OCCN(c3ccc(-c4ccccc4)nn3)C2C1. The number of hydrogen-bond donors (Lipinski definition) is 0. The van der Waals surface area contributed by atoms with E-state index in [2.05, 4.69) is 21.3 Å². The van der Waals surface area contributed by atoms with E-state index in [-0.39, 0.29) is 12.1 Å². The Morgan fingerprint density at radius 2 is 1.96 bits per heavy atom. The minimum atomic E-state index is 0.0685. The van der Waals surface area contributed by atoms with Gasteiger partial charge in [-0.05, 0) is 12.1 Å². The number of benzene rings is 1.